The molecule has 4 heterocycles. The molecule has 8 aromatic carbocycles. The molecule has 0 aliphatic carbocycles. The number of nitrogens with zero attached hydrogens (tertiary/aromatic N) is 5. The van der Waals surface area contributed by atoms with Gasteiger partial charge in [-0.05, 0) is 120 Å². The molecule has 12 aromatic rings. The van der Waals surface area contributed by atoms with Gasteiger partial charge in [0.15, 0.2) is 0 Å². The molecule has 7 heteroatoms. The third kappa shape index (κ3) is 4.95. The Hall–Kier alpha value is -6.93. The molecule has 262 valence electrons. The predicted molar refractivity (Wildman–Crippen MR) is 236 cm³/mol. The van der Waals surface area contributed by atoms with Crippen LogP contribution >= 0.6 is 22.7 Å². The van der Waals surface area contributed by atoms with Gasteiger partial charge in [0.1, 0.15) is 15.8 Å². The zero-order valence-corrected chi connectivity index (χ0v) is 31.4. The number of imidazole rings is 1. The van der Waals surface area contributed by atoms with Gasteiger partial charge in [0.25, 0.3) is 0 Å². The van der Waals surface area contributed by atoms with Crippen LogP contribution in [0.4, 0.5) is 0 Å². The van der Waals surface area contributed by atoms with E-state index in [-0.39, 0.29) is 0 Å². The van der Waals surface area contributed by atoms with Crippen LogP contribution in [-0.4, -0.2) is 24.1 Å². The largest absolute Gasteiger partial charge is 0.309 e. The maximum Gasteiger partial charge on any atom is 0.145 e. The Labute approximate surface area is 329 Å². The summed E-state index contributed by atoms with van der Waals surface area (Å²) < 4.78 is 7.02. The first kappa shape index (κ1) is 31.4. The van der Waals surface area contributed by atoms with E-state index in [0.717, 1.165) is 77.0 Å². The van der Waals surface area contributed by atoms with Gasteiger partial charge in [-0.25, -0.2) is 15.0 Å². The number of fused-ring (bicyclic) bond motifs is 7. The molecule has 0 aliphatic heterocycles. The fourth-order valence-electron chi connectivity index (χ4n) is 8.12. The van der Waals surface area contributed by atoms with Gasteiger partial charge in [0.05, 0.1) is 42.5 Å². The highest BCUT2D eigenvalue weighted by molar-refractivity contribution is 7.22. The highest BCUT2D eigenvalue weighted by atomic mass is 32.1. The lowest BCUT2D eigenvalue weighted by Crippen LogP contribution is -1.98. The molecule has 0 N–H and O–H groups in total. The van der Waals surface area contributed by atoms with Crippen LogP contribution in [0, 0.1) is 0 Å². The van der Waals surface area contributed by atoms with Crippen LogP contribution in [0.3, 0.4) is 0 Å². The molecule has 56 heavy (non-hydrogen) atoms. The number of para-hydroxylation sites is 4. The average Bonchev–Trinajstić information content (AvgIpc) is 4.04. The molecular formula is C49H29N5S2. The molecule has 0 unspecified atom stereocenters. The van der Waals surface area contributed by atoms with E-state index in [0.29, 0.717) is 0 Å². The second kappa shape index (κ2) is 12.3. The third-order valence-corrected chi connectivity index (χ3v) is 12.9. The molecule has 0 aliphatic rings. The van der Waals surface area contributed by atoms with Crippen molar-refractivity contribution < 1.29 is 0 Å². The van der Waals surface area contributed by atoms with Gasteiger partial charge >= 0.3 is 0 Å². The van der Waals surface area contributed by atoms with Gasteiger partial charge in [-0.1, -0.05) is 66.7 Å². The minimum atomic E-state index is 0.917. The first-order chi connectivity index (χ1) is 27.7. The van der Waals surface area contributed by atoms with Crippen LogP contribution in [0.1, 0.15) is 0 Å². The van der Waals surface area contributed by atoms with E-state index in [1.165, 1.54) is 30.9 Å². The Bertz CT molecular complexity index is 3390. The van der Waals surface area contributed by atoms with Crippen molar-refractivity contribution in [1.82, 2.24) is 24.1 Å². The predicted octanol–water partition coefficient (Wildman–Crippen LogP) is 13.5. The van der Waals surface area contributed by atoms with Crippen LogP contribution < -0.4 is 0 Å². The monoisotopic (exact) mass is 751 g/mol. The fraction of sp³-hybridized carbons (Fsp3) is 0. The molecule has 0 saturated carbocycles. The fourth-order valence-corrected chi connectivity index (χ4v) is 10.1. The molecule has 0 fully saturated rings. The van der Waals surface area contributed by atoms with E-state index in [4.69, 9.17) is 15.0 Å². The second-order valence-electron chi connectivity index (χ2n) is 14.1. The summed E-state index contributed by atoms with van der Waals surface area (Å²) in [7, 11) is 0. The lowest BCUT2D eigenvalue weighted by atomic mass is 10.1. The van der Waals surface area contributed by atoms with E-state index in [9.17, 15) is 0 Å². The van der Waals surface area contributed by atoms with Crippen LogP contribution in [-0.2, 0) is 0 Å². The lowest BCUT2D eigenvalue weighted by Gasteiger charge is -2.12. The zero-order chi connectivity index (χ0) is 36.7. The standard InChI is InChI=1S/C49H29N5S2/c1-2-12-35(13-3-1)54-44-16-8-6-14-39(44)50-47(54)30-18-22-36(23-19-30)53-42-24-20-33(48-51-40-15-7-9-17-45(40)55-48)26-37(42)38-27-34(21-25-43(38)53)49-52-41-28-31-10-4-5-11-32(31)29-46(41)56-49/h1-29H. The molecule has 0 saturated heterocycles. The van der Waals surface area contributed by atoms with Crippen molar-refractivity contribution in [3.8, 4) is 43.9 Å². The average molecular weight is 752 g/mol. The van der Waals surface area contributed by atoms with Crippen molar-refractivity contribution in [2.75, 3.05) is 0 Å². The zero-order valence-electron chi connectivity index (χ0n) is 29.8. The summed E-state index contributed by atoms with van der Waals surface area (Å²) in [5.41, 5.74) is 11.9. The molecule has 0 atom stereocenters. The highest BCUT2D eigenvalue weighted by Crippen LogP contribution is 2.41. The Balaban J connectivity index is 1.03. The Morgan fingerprint density at radius 3 is 1.66 bits per heavy atom. The van der Waals surface area contributed by atoms with E-state index in [1.54, 1.807) is 22.7 Å². The molecule has 0 spiro atoms. The van der Waals surface area contributed by atoms with Crippen molar-refractivity contribution in [2.45, 2.75) is 0 Å². The smallest absolute Gasteiger partial charge is 0.145 e. The van der Waals surface area contributed by atoms with Gasteiger partial charge < -0.3 is 4.57 Å². The Kier molecular flexibility index (Phi) is 6.90. The third-order valence-electron chi connectivity index (χ3n) is 10.8. The maximum atomic E-state index is 5.15. The summed E-state index contributed by atoms with van der Waals surface area (Å²) in [5, 5.41) is 6.85. The van der Waals surface area contributed by atoms with Crippen LogP contribution in [0.15, 0.2) is 176 Å². The van der Waals surface area contributed by atoms with Gasteiger partial charge in [0.2, 0.25) is 0 Å². The lowest BCUT2D eigenvalue weighted by molar-refractivity contribution is 1.10. The highest BCUT2D eigenvalue weighted by Gasteiger charge is 2.19. The number of benzene rings is 8. The summed E-state index contributed by atoms with van der Waals surface area (Å²) in [6.45, 7) is 0. The van der Waals surface area contributed by atoms with Gasteiger partial charge in [-0.15, -0.1) is 22.7 Å². The number of hydrogen-bond donors (Lipinski definition) is 0. The minimum absolute atomic E-state index is 0.917. The van der Waals surface area contributed by atoms with Gasteiger partial charge in [-0.2, -0.15) is 0 Å². The Morgan fingerprint density at radius 1 is 0.357 bits per heavy atom. The Morgan fingerprint density at radius 2 is 0.929 bits per heavy atom. The number of thiazole rings is 2. The topological polar surface area (TPSA) is 48.5 Å². The minimum Gasteiger partial charge on any atom is -0.309 e. The summed E-state index contributed by atoms with van der Waals surface area (Å²) in [4.78, 5) is 15.3. The number of hydrogen-bond acceptors (Lipinski definition) is 5. The van der Waals surface area contributed by atoms with Crippen LogP contribution in [0.25, 0.3) is 108 Å². The van der Waals surface area contributed by atoms with E-state index in [2.05, 4.69) is 179 Å². The molecule has 5 nitrogen and oxygen atoms in total. The molecule has 12 rings (SSSR count). The molecular weight excluding hydrogens is 723 g/mol. The first-order valence-corrected chi connectivity index (χ1v) is 20.2. The SMILES string of the molecule is c1ccc(-n2c(-c3ccc(-n4c5ccc(-c6nc7ccccc7s6)cc5c5cc(-c6nc7cc8ccccc8cc7s6)ccc54)cc3)nc3ccccc32)cc1. The van der Waals surface area contributed by atoms with E-state index in [1.807, 2.05) is 6.07 Å². The molecule has 0 bridgehead atoms. The van der Waals surface area contributed by atoms with Crippen LogP contribution in [0.2, 0.25) is 0 Å². The number of aromatic nitrogens is 5. The normalized spacial score (nSPS) is 11.9. The summed E-state index contributed by atoms with van der Waals surface area (Å²) in [5.74, 6) is 0.917. The second-order valence-corrected chi connectivity index (χ2v) is 16.2. The molecule has 0 amide bonds. The van der Waals surface area contributed by atoms with Gasteiger partial charge in [-0.3, -0.25) is 4.57 Å². The van der Waals surface area contributed by atoms with Crippen molar-refractivity contribution in [3.05, 3.63) is 176 Å². The summed E-state index contributed by atoms with van der Waals surface area (Å²) in [6.07, 6.45) is 0. The first-order valence-electron chi connectivity index (χ1n) is 18.6. The van der Waals surface area contributed by atoms with Gasteiger partial charge in [0, 0.05) is 38.8 Å². The van der Waals surface area contributed by atoms with Crippen molar-refractivity contribution >= 4 is 86.7 Å². The van der Waals surface area contributed by atoms with E-state index < -0.39 is 0 Å². The summed E-state index contributed by atoms with van der Waals surface area (Å²) in [6, 6.07) is 62.6. The summed E-state index contributed by atoms with van der Waals surface area (Å²) >= 11 is 3.49. The van der Waals surface area contributed by atoms with Crippen molar-refractivity contribution in [2.24, 2.45) is 0 Å². The van der Waals surface area contributed by atoms with Crippen molar-refractivity contribution in [3.63, 3.8) is 0 Å². The molecule has 4 aromatic heterocycles. The van der Waals surface area contributed by atoms with Crippen molar-refractivity contribution in [1.29, 1.82) is 0 Å². The number of rotatable bonds is 5. The van der Waals surface area contributed by atoms with E-state index >= 15 is 0 Å². The quantitative estimate of drug-likeness (QED) is 0.176. The maximum absolute atomic E-state index is 5.15. The molecule has 0 radical (unpaired) electrons. The van der Waals surface area contributed by atoms with Crippen LogP contribution in [0.5, 0.6) is 0 Å².